The van der Waals surface area contributed by atoms with Gasteiger partial charge in [0.25, 0.3) is 0 Å². The Kier molecular flexibility index (Phi) is 3.60. The topological polar surface area (TPSA) is 44.1 Å². The summed E-state index contributed by atoms with van der Waals surface area (Å²) in [4.78, 5) is 16.9. The second-order valence-corrected chi connectivity index (χ2v) is 5.41. The third-order valence-corrected chi connectivity index (χ3v) is 4.01. The van der Waals surface area contributed by atoms with E-state index in [1.165, 1.54) is 0 Å². The number of imidazole rings is 1. The van der Waals surface area contributed by atoms with Crippen LogP contribution in [0.5, 0.6) is 0 Å². The fourth-order valence-corrected chi connectivity index (χ4v) is 3.14. The van der Waals surface area contributed by atoms with E-state index in [0.29, 0.717) is 11.4 Å². The second kappa shape index (κ2) is 5.54. The van der Waals surface area contributed by atoms with Crippen LogP contribution in [-0.4, -0.2) is 27.9 Å². The van der Waals surface area contributed by atoms with E-state index < -0.39 is 0 Å². The molecule has 0 radical (unpaired) electrons. The molecule has 102 valence electrons. The van der Waals surface area contributed by atoms with Gasteiger partial charge in [0, 0.05) is 17.9 Å². The van der Waals surface area contributed by atoms with E-state index in [9.17, 15) is 4.79 Å². The normalized spacial score (nSPS) is 13.0. The first-order valence-corrected chi connectivity index (χ1v) is 7.36. The molecular weight excluding hydrogens is 272 g/mol. The first-order chi connectivity index (χ1) is 9.81. The summed E-state index contributed by atoms with van der Waals surface area (Å²) in [6.07, 6.45) is 1.57. The first-order valence-electron chi connectivity index (χ1n) is 6.38. The molecule has 0 unspecified atom stereocenters. The Morgan fingerprint density at radius 3 is 3.00 bits per heavy atom. The van der Waals surface area contributed by atoms with Gasteiger partial charge in [-0.1, -0.05) is 54.7 Å². The quantitative estimate of drug-likeness (QED) is 0.640. The van der Waals surface area contributed by atoms with Crippen molar-refractivity contribution < 1.29 is 9.53 Å². The van der Waals surface area contributed by atoms with E-state index in [1.807, 2.05) is 34.9 Å². The van der Waals surface area contributed by atoms with Crippen molar-refractivity contribution in [3.05, 3.63) is 48.7 Å². The molecule has 4 nitrogen and oxygen atoms in total. The first kappa shape index (κ1) is 13.0. The van der Waals surface area contributed by atoms with Crippen LogP contribution in [0.3, 0.4) is 0 Å². The van der Waals surface area contributed by atoms with Gasteiger partial charge in [-0.15, -0.1) is 0 Å². The van der Waals surface area contributed by atoms with Crippen LogP contribution in [0, 0.1) is 0 Å². The van der Waals surface area contributed by atoms with Crippen LogP contribution in [0.15, 0.2) is 48.1 Å². The van der Waals surface area contributed by atoms with Crippen LogP contribution in [0.1, 0.15) is 10.5 Å². The zero-order valence-corrected chi connectivity index (χ0v) is 11.7. The van der Waals surface area contributed by atoms with Crippen molar-refractivity contribution in [2.75, 3.05) is 12.4 Å². The molecule has 0 atom stereocenters. The Balaban J connectivity index is 2.06. The Bertz CT molecular complexity index is 649. The molecule has 0 saturated carbocycles. The molecule has 0 amide bonds. The summed E-state index contributed by atoms with van der Waals surface area (Å²) >= 11 is 1.66. The molecule has 20 heavy (non-hydrogen) atoms. The van der Waals surface area contributed by atoms with Crippen LogP contribution < -0.4 is 0 Å². The van der Waals surface area contributed by atoms with Crippen LogP contribution in [0.2, 0.25) is 0 Å². The number of carbonyl (C=O) groups excluding carboxylic acids is 1. The third-order valence-electron chi connectivity index (χ3n) is 3.05. The molecular formula is C15H14N2O2S. The number of ether oxygens (including phenoxy) is 1. The number of esters is 1. The van der Waals surface area contributed by atoms with Crippen molar-refractivity contribution in [2.24, 2.45) is 0 Å². The predicted molar refractivity (Wildman–Crippen MR) is 78.9 cm³/mol. The summed E-state index contributed by atoms with van der Waals surface area (Å²) in [6.45, 7) is 4.56. The molecule has 0 saturated heterocycles. The molecule has 5 heteroatoms. The highest BCUT2D eigenvalue weighted by Gasteiger charge is 2.27. The number of aromatic nitrogens is 2. The van der Waals surface area contributed by atoms with Gasteiger partial charge >= 0.3 is 5.97 Å². The van der Waals surface area contributed by atoms with Crippen LogP contribution in [-0.2, 0) is 11.3 Å². The van der Waals surface area contributed by atoms with Crippen molar-refractivity contribution in [3.8, 4) is 11.3 Å². The van der Waals surface area contributed by atoms with E-state index in [2.05, 4.69) is 11.6 Å². The molecule has 0 aliphatic carbocycles. The molecule has 0 spiro atoms. The average Bonchev–Trinajstić information content (AvgIpc) is 3.06. The zero-order chi connectivity index (χ0) is 13.9. The van der Waals surface area contributed by atoms with Gasteiger partial charge in [0.1, 0.15) is 12.3 Å². The predicted octanol–water partition coefficient (Wildman–Crippen LogP) is 3.00. The summed E-state index contributed by atoms with van der Waals surface area (Å²) in [5, 5.41) is 0.884. The van der Waals surface area contributed by atoms with Crippen molar-refractivity contribution in [2.45, 2.75) is 11.7 Å². The maximum absolute atomic E-state index is 12.3. The van der Waals surface area contributed by atoms with E-state index >= 15 is 0 Å². The van der Waals surface area contributed by atoms with Gasteiger partial charge in [0.2, 0.25) is 0 Å². The number of nitrogens with zero attached hydrogens (tertiary/aromatic N) is 2. The molecule has 2 heterocycles. The van der Waals surface area contributed by atoms with Crippen molar-refractivity contribution >= 4 is 17.7 Å². The number of hydrogen-bond acceptors (Lipinski definition) is 4. The number of hydrogen-bond donors (Lipinski definition) is 0. The van der Waals surface area contributed by atoms with Gasteiger partial charge < -0.3 is 9.30 Å². The van der Waals surface area contributed by atoms with Crippen molar-refractivity contribution in [1.29, 1.82) is 0 Å². The van der Waals surface area contributed by atoms with E-state index in [-0.39, 0.29) is 12.6 Å². The molecule has 0 bridgehead atoms. The minimum atomic E-state index is -0.343. The minimum Gasteiger partial charge on any atom is -0.457 e. The lowest BCUT2D eigenvalue weighted by Crippen LogP contribution is -2.13. The maximum atomic E-state index is 12.3. The number of fused-ring (bicyclic) bond motifs is 1. The molecule has 3 rings (SSSR count). The number of benzene rings is 1. The highest BCUT2D eigenvalue weighted by Crippen LogP contribution is 2.33. The Hall–Kier alpha value is -2.01. The molecule has 0 N–H and O–H groups in total. The Morgan fingerprint density at radius 1 is 1.45 bits per heavy atom. The molecule has 1 aromatic carbocycles. The minimum absolute atomic E-state index is 0.209. The van der Waals surface area contributed by atoms with Crippen LogP contribution in [0.4, 0.5) is 0 Å². The van der Waals surface area contributed by atoms with E-state index in [0.717, 1.165) is 23.0 Å². The van der Waals surface area contributed by atoms with E-state index in [1.54, 1.807) is 17.8 Å². The fraction of sp³-hybridized carbons (Fsp3) is 0.200. The highest BCUT2D eigenvalue weighted by molar-refractivity contribution is 7.99. The number of carbonyl (C=O) groups is 1. The number of rotatable bonds is 4. The lowest BCUT2D eigenvalue weighted by atomic mass is 10.1. The smallest absolute Gasteiger partial charge is 0.357 e. The van der Waals surface area contributed by atoms with Crippen molar-refractivity contribution in [1.82, 2.24) is 9.55 Å². The molecule has 0 fully saturated rings. The van der Waals surface area contributed by atoms with Gasteiger partial charge in [-0.05, 0) is 0 Å². The van der Waals surface area contributed by atoms with Gasteiger partial charge in [-0.2, -0.15) is 0 Å². The summed E-state index contributed by atoms with van der Waals surface area (Å²) in [5.74, 6) is 0.601. The largest absolute Gasteiger partial charge is 0.457 e. The van der Waals surface area contributed by atoms with E-state index in [4.69, 9.17) is 4.74 Å². The lowest BCUT2D eigenvalue weighted by molar-refractivity contribution is 0.0537. The van der Waals surface area contributed by atoms with Gasteiger partial charge in [0.15, 0.2) is 10.9 Å². The van der Waals surface area contributed by atoms with Gasteiger partial charge in [-0.3, -0.25) is 0 Å². The van der Waals surface area contributed by atoms with Crippen LogP contribution >= 0.6 is 11.8 Å². The summed E-state index contributed by atoms with van der Waals surface area (Å²) < 4.78 is 7.14. The average molecular weight is 286 g/mol. The highest BCUT2D eigenvalue weighted by atomic mass is 32.2. The second-order valence-electron chi connectivity index (χ2n) is 4.34. The lowest BCUT2D eigenvalue weighted by Gasteiger charge is -2.07. The van der Waals surface area contributed by atoms with Gasteiger partial charge in [-0.25, -0.2) is 9.78 Å². The maximum Gasteiger partial charge on any atom is 0.357 e. The SMILES string of the molecule is C=CCOC(=O)c1c(-c2ccccc2)nc2n1CCS2. The van der Waals surface area contributed by atoms with Gasteiger partial charge in [0.05, 0.1) is 0 Å². The third kappa shape index (κ3) is 2.25. The summed E-state index contributed by atoms with van der Waals surface area (Å²) in [5.41, 5.74) is 2.17. The Labute approximate surface area is 121 Å². The molecule has 1 aliphatic heterocycles. The standard InChI is InChI=1S/C15H14N2O2S/c1-2-9-19-14(18)13-12(11-6-4-3-5-7-11)16-15-17(13)8-10-20-15/h2-7H,1,8-10H2. The molecule has 1 aromatic heterocycles. The Morgan fingerprint density at radius 2 is 2.25 bits per heavy atom. The van der Waals surface area contributed by atoms with Crippen molar-refractivity contribution in [3.63, 3.8) is 0 Å². The molecule has 2 aromatic rings. The fourth-order valence-electron chi connectivity index (χ4n) is 2.19. The number of thioether (sulfide) groups is 1. The summed E-state index contributed by atoms with van der Waals surface area (Å²) in [6, 6.07) is 9.72. The van der Waals surface area contributed by atoms with Crippen LogP contribution in [0.25, 0.3) is 11.3 Å². The molecule has 1 aliphatic rings. The monoisotopic (exact) mass is 286 g/mol. The zero-order valence-electron chi connectivity index (χ0n) is 10.9. The summed E-state index contributed by atoms with van der Waals surface area (Å²) in [7, 11) is 0.